The van der Waals surface area contributed by atoms with Gasteiger partial charge in [0.1, 0.15) is 11.6 Å². The van der Waals surface area contributed by atoms with Crippen molar-refractivity contribution < 1.29 is 4.74 Å². The highest BCUT2D eigenvalue weighted by atomic mass is 16.5. The lowest BCUT2D eigenvalue weighted by Crippen LogP contribution is -2.21. The van der Waals surface area contributed by atoms with Crippen LogP contribution in [0.3, 0.4) is 0 Å². The second-order valence-corrected chi connectivity index (χ2v) is 6.55. The molecule has 0 amide bonds. The van der Waals surface area contributed by atoms with Crippen molar-refractivity contribution in [2.75, 3.05) is 20.7 Å². The van der Waals surface area contributed by atoms with Gasteiger partial charge in [0.2, 0.25) is 0 Å². The van der Waals surface area contributed by atoms with Crippen molar-refractivity contribution >= 4 is 11.0 Å². The van der Waals surface area contributed by atoms with Crippen molar-refractivity contribution in [1.29, 1.82) is 0 Å². The van der Waals surface area contributed by atoms with Gasteiger partial charge in [0.05, 0.1) is 24.7 Å². The van der Waals surface area contributed by atoms with E-state index in [1.807, 2.05) is 12.1 Å². The van der Waals surface area contributed by atoms with E-state index in [-0.39, 0.29) is 0 Å². The Kier molecular flexibility index (Phi) is 5.71. The highest BCUT2D eigenvalue weighted by Crippen LogP contribution is 2.23. The molecule has 3 aromatic rings. The molecule has 25 heavy (non-hydrogen) atoms. The molecule has 2 aromatic carbocycles. The number of ether oxygens (including phenoxy) is 1. The number of fused-ring (bicyclic) bond motifs is 1. The number of benzene rings is 2. The number of hydrogen-bond donors (Lipinski definition) is 0. The van der Waals surface area contributed by atoms with E-state index in [0.717, 1.165) is 42.2 Å². The SMILES string of the molecule is CCCCN(C)Cc1nc2cc(OC)ccc2n1Cc1ccccc1. The van der Waals surface area contributed by atoms with E-state index in [1.165, 1.54) is 18.4 Å². The summed E-state index contributed by atoms with van der Waals surface area (Å²) in [7, 11) is 3.87. The number of methoxy groups -OCH3 is 1. The molecule has 132 valence electrons. The van der Waals surface area contributed by atoms with Gasteiger partial charge < -0.3 is 9.30 Å². The topological polar surface area (TPSA) is 30.3 Å². The van der Waals surface area contributed by atoms with Crippen LogP contribution >= 0.6 is 0 Å². The summed E-state index contributed by atoms with van der Waals surface area (Å²) in [6.07, 6.45) is 2.42. The molecule has 0 aliphatic carbocycles. The van der Waals surface area contributed by atoms with Gasteiger partial charge in [-0.05, 0) is 37.7 Å². The predicted molar refractivity (Wildman–Crippen MR) is 103 cm³/mol. The predicted octanol–water partition coefficient (Wildman–Crippen LogP) is 4.33. The molecule has 0 atom stereocenters. The van der Waals surface area contributed by atoms with Gasteiger partial charge in [-0.25, -0.2) is 4.98 Å². The largest absolute Gasteiger partial charge is 0.497 e. The molecule has 1 aromatic heterocycles. The van der Waals surface area contributed by atoms with Crippen molar-refractivity contribution in [2.24, 2.45) is 0 Å². The minimum absolute atomic E-state index is 0.834. The average molecular weight is 337 g/mol. The molecule has 0 aliphatic rings. The third-order valence-electron chi connectivity index (χ3n) is 4.52. The Morgan fingerprint density at radius 1 is 1.12 bits per heavy atom. The fourth-order valence-electron chi connectivity index (χ4n) is 3.10. The first kappa shape index (κ1) is 17.5. The smallest absolute Gasteiger partial charge is 0.124 e. The summed E-state index contributed by atoms with van der Waals surface area (Å²) < 4.78 is 7.69. The number of unbranched alkanes of at least 4 members (excludes halogenated alkanes) is 1. The zero-order chi connectivity index (χ0) is 17.6. The first-order valence-corrected chi connectivity index (χ1v) is 8.97. The van der Waals surface area contributed by atoms with Crippen LogP contribution in [0.5, 0.6) is 5.75 Å². The van der Waals surface area contributed by atoms with Crippen LogP contribution in [0, 0.1) is 0 Å². The Labute approximate surface area is 150 Å². The Bertz CT molecular complexity index is 811. The molecule has 0 spiro atoms. The molecule has 0 unspecified atom stereocenters. The molecular weight excluding hydrogens is 310 g/mol. The first-order chi connectivity index (χ1) is 12.2. The molecule has 0 saturated carbocycles. The van der Waals surface area contributed by atoms with Gasteiger partial charge in [0, 0.05) is 12.6 Å². The Balaban J connectivity index is 1.96. The molecular formula is C21H27N3O. The van der Waals surface area contributed by atoms with Crippen molar-refractivity contribution in [3.63, 3.8) is 0 Å². The fourth-order valence-corrected chi connectivity index (χ4v) is 3.10. The lowest BCUT2D eigenvalue weighted by molar-refractivity contribution is 0.309. The number of imidazole rings is 1. The van der Waals surface area contributed by atoms with Crippen LogP contribution in [0.1, 0.15) is 31.2 Å². The minimum Gasteiger partial charge on any atom is -0.497 e. The minimum atomic E-state index is 0.834. The maximum atomic E-state index is 5.36. The van der Waals surface area contributed by atoms with Gasteiger partial charge in [-0.15, -0.1) is 0 Å². The van der Waals surface area contributed by atoms with E-state index in [4.69, 9.17) is 9.72 Å². The molecule has 0 saturated heterocycles. The van der Waals surface area contributed by atoms with Gasteiger partial charge in [-0.2, -0.15) is 0 Å². The van der Waals surface area contributed by atoms with Crippen LogP contribution in [-0.2, 0) is 13.1 Å². The fraction of sp³-hybridized carbons (Fsp3) is 0.381. The first-order valence-electron chi connectivity index (χ1n) is 8.97. The van der Waals surface area contributed by atoms with E-state index in [0.29, 0.717) is 0 Å². The van der Waals surface area contributed by atoms with Crippen LogP contribution < -0.4 is 4.74 Å². The number of hydrogen-bond acceptors (Lipinski definition) is 3. The normalized spacial score (nSPS) is 11.4. The summed E-state index contributed by atoms with van der Waals surface area (Å²) in [6.45, 7) is 5.00. The number of nitrogens with zero attached hydrogens (tertiary/aromatic N) is 3. The average Bonchev–Trinajstić information content (AvgIpc) is 2.97. The maximum absolute atomic E-state index is 5.36. The summed E-state index contributed by atoms with van der Waals surface area (Å²) >= 11 is 0. The summed E-state index contributed by atoms with van der Waals surface area (Å²) in [5.74, 6) is 1.95. The van der Waals surface area contributed by atoms with Crippen LogP contribution in [0.15, 0.2) is 48.5 Å². The van der Waals surface area contributed by atoms with Crippen LogP contribution in [0.25, 0.3) is 11.0 Å². The summed E-state index contributed by atoms with van der Waals surface area (Å²) in [4.78, 5) is 7.26. The van der Waals surface area contributed by atoms with Crippen LogP contribution in [0.2, 0.25) is 0 Å². The third-order valence-corrected chi connectivity index (χ3v) is 4.52. The molecule has 0 radical (unpaired) electrons. The standard InChI is InChI=1S/C21H27N3O/c1-4-5-13-23(2)16-21-22-19-14-18(25-3)11-12-20(19)24(21)15-17-9-7-6-8-10-17/h6-12,14H,4-5,13,15-16H2,1-3H3. The van der Waals surface area contributed by atoms with Crippen molar-refractivity contribution in [3.8, 4) is 5.75 Å². The molecule has 3 rings (SSSR count). The maximum Gasteiger partial charge on any atom is 0.124 e. The van der Waals surface area contributed by atoms with Gasteiger partial charge >= 0.3 is 0 Å². The Hall–Kier alpha value is -2.33. The highest BCUT2D eigenvalue weighted by molar-refractivity contribution is 5.78. The monoisotopic (exact) mass is 337 g/mol. The molecule has 0 fully saturated rings. The van der Waals surface area contributed by atoms with E-state index in [1.54, 1.807) is 7.11 Å². The van der Waals surface area contributed by atoms with Gasteiger partial charge in [-0.1, -0.05) is 43.7 Å². The molecule has 4 nitrogen and oxygen atoms in total. The van der Waals surface area contributed by atoms with Crippen molar-refractivity contribution in [1.82, 2.24) is 14.5 Å². The molecule has 0 bridgehead atoms. The van der Waals surface area contributed by atoms with E-state index < -0.39 is 0 Å². The van der Waals surface area contributed by atoms with Gasteiger partial charge in [0.15, 0.2) is 0 Å². The van der Waals surface area contributed by atoms with Gasteiger partial charge in [-0.3, -0.25) is 4.90 Å². The zero-order valence-corrected chi connectivity index (χ0v) is 15.4. The summed E-state index contributed by atoms with van der Waals surface area (Å²) in [6, 6.07) is 16.7. The summed E-state index contributed by atoms with van der Waals surface area (Å²) in [5, 5.41) is 0. The Morgan fingerprint density at radius 2 is 1.92 bits per heavy atom. The zero-order valence-electron chi connectivity index (χ0n) is 15.4. The lowest BCUT2D eigenvalue weighted by Gasteiger charge is -2.17. The van der Waals surface area contributed by atoms with Crippen LogP contribution in [0.4, 0.5) is 0 Å². The van der Waals surface area contributed by atoms with Crippen molar-refractivity contribution in [2.45, 2.75) is 32.9 Å². The third kappa shape index (κ3) is 4.20. The van der Waals surface area contributed by atoms with Crippen LogP contribution in [-0.4, -0.2) is 35.2 Å². The lowest BCUT2D eigenvalue weighted by atomic mass is 10.2. The van der Waals surface area contributed by atoms with E-state index >= 15 is 0 Å². The molecule has 1 heterocycles. The van der Waals surface area contributed by atoms with Gasteiger partial charge in [0.25, 0.3) is 0 Å². The van der Waals surface area contributed by atoms with Crippen molar-refractivity contribution in [3.05, 3.63) is 59.9 Å². The van der Waals surface area contributed by atoms with E-state index in [9.17, 15) is 0 Å². The van der Waals surface area contributed by atoms with E-state index in [2.05, 4.69) is 59.8 Å². The summed E-state index contributed by atoms with van der Waals surface area (Å²) in [5.41, 5.74) is 3.44. The molecule has 0 N–H and O–H groups in total. The number of aromatic nitrogens is 2. The molecule has 0 aliphatic heterocycles. The second-order valence-electron chi connectivity index (χ2n) is 6.55. The number of rotatable bonds is 8. The molecule has 4 heteroatoms. The quantitative estimate of drug-likeness (QED) is 0.613. The highest BCUT2D eigenvalue weighted by Gasteiger charge is 2.13. The second kappa shape index (κ2) is 8.17. The Morgan fingerprint density at radius 3 is 2.64 bits per heavy atom.